The normalized spacial score (nSPS) is 10.4. The van der Waals surface area contributed by atoms with Crippen LogP contribution in [0.25, 0.3) is 0 Å². The van der Waals surface area contributed by atoms with E-state index in [9.17, 15) is 18.4 Å². The van der Waals surface area contributed by atoms with E-state index in [1.807, 2.05) is 0 Å². The molecular weight excluding hydrogens is 338 g/mol. The van der Waals surface area contributed by atoms with Crippen molar-refractivity contribution in [3.05, 3.63) is 71.3 Å². The lowest BCUT2D eigenvalue weighted by molar-refractivity contribution is 0.0943. The van der Waals surface area contributed by atoms with Gasteiger partial charge in [-0.2, -0.15) is 0 Å². The van der Waals surface area contributed by atoms with Crippen LogP contribution in [0, 0.1) is 11.6 Å². The molecule has 0 radical (unpaired) electrons. The van der Waals surface area contributed by atoms with Crippen LogP contribution in [-0.2, 0) is 0 Å². The van der Waals surface area contributed by atoms with Crippen LogP contribution in [0.5, 0.6) is 0 Å². The highest BCUT2D eigenvalue weighted by atomic mass is 19.1. The summed E-state index contributed by atoms with van der Waals surface area (Å²) in [7, 11) is 0. The lowest BCUT2D eigenvalue weighted by Gasteiger charge is -2.07. The van der Waals surface area contributed by atoms with E-state index in [2.05, 4.69) is 10.6 Å². The number of nitrogens with one attached hydrogen (secondary N) is 2. The Balaban J connectivity index is 1.53. The van der Waals surface area contributed by atoms with Crippen molar-refractivity contribution in [3.8, 4) is 0 Å². The highest BCUT2D eigenvalue weighted by Crippen LogP contribution is 2.05. The first kappa shape index (κ1) is 19.6. The molecule has 2 rings (SSSR count). The van der Waals surface area contributed by atoms with Gasteiger partial charge in [0.2, 0.25) is 0 Å². The summed E-state index contributed by atoms with van der Waals surface area (Å²) < 4.78 is 26.1. The molecule has 2 aromatic carbocycles. The van der Waals surface area contributed by atoms with E-state index in [4.69, 9.17) is 0 Å². The Labute approximate surface area is 151 Å². The van der Waals surface area contributed by atoms with Gasteiger partial charge in [-0.15, -0.1) is 0 Å². The molecule has 26 heavy (non-hydrogen) atoms. The molecule has 0 aliphatic carbocycles. The summed E-state index contributed by atoms with van der Waals surface area (Å²) in [5.74, 6) is -1.44. The Morgan fingerprint density at radius 3 is 1.50 bits per heavy atom. The molecule has 0 spiro atoms. The number of carbonyl (C=O) groups is 2. The number of carbonyl (C=O) groups excluding carboxylic acids is 2. The zero-order chi connectivity index (χ0) is 18.8. The lowest BCUT2D eigenvalue weighted by atomic mass is 10.1. The molecule has 0 atom stereocenters. The van der Waals surface area contributed by atoms with E-state index in [0.29, 0.717) is 24.2 Å². The van der Waals surface area contributed by atoms with Crippen LogP contribution in [0.4, 0.5) is 8.78 Å². The van der Waals surface area contributed by atoms with E-state index < -0.39 is 11.6 Å². The third kappa shape index (κ3) is 6.63. The van der Waals surface area contributed by atoms with Crippen LogP contribution < -0.4 is 10.6 Å². The molecule has 2 amide bonds. The van der Waals surface area contributed by atoms with Crippen molar-refractivity contribution in [2.24, 2.45) is 0 Å². The van der Waals surface area contributed by atoms with Crippen molar-refractivity contribution >= 4 is 11.8 Å². The van der Waals surface area contributed by atoms with Gasteiger partial charge in [-0.05, 0) is 49.2 Å². The zero-order valence-corrected chi connectivity index (χ0v) is 14.4. The van der Waals surface area contributed by atoms with Crippen molar-refractivity contribution in [3.63, 3.8) is 0 Å². The topological polar surface area (TPSA) is 58.2 Å². The second-order valence-corrected chi connectivity index (χ2v) is 5.95. The van der Waals surface area contributed by atoms with Crippen LogP contribution >= 0.6 is 0 Å². The molecular formula is C20H22F2N2O2. The molecule has 2 aromatic rings. The molecule has 0 aliphatic rings. The number of rotatable bonds is 9. The van der Waals surface area contributed by atoms with Gasteiger partial charge in [0.15, 0.2) is 0 Å². The predicted octanol–water partition coefficient (Wildman–Crippen LogP) is 3.69. The molecule has 0 aromatic heterocycles. The Bertz CT molecular complexity index is 687. The van der Waals surface area contributed by atoms with Gasteiger partial charge in [0, 0.05) is 24.2 Å². The number of hydrogen-bond donors (Lipinski definition) is 2. The molecule has 0 heterocycles. The minimum atomic E-state index is -0.432. The van der Waals surface area contributed by atoms with E-state index in [1.54, 1.807) is 12.1 Å². The summed E-state index contributed by atoms with van der Waals surface area (Å²) in [6.07, 6.45) is 3.41. The van der Waals surface area contributed by atoms with Crippen molar-refractivity contribution in [1.82, 2.24) is 10.6 Å². The predicted molar refractivity (Wildman–Crippen MR) is 95.9 cm³/mol. The maximum atomic E-state index is 13.0. The maximum Gasteiger partial charge on any atom is 0.251 e. The van der Waals surface area contributed by atoms with Crippen LogP contribution in [0.3, 0.4) is 0 Å². The molecule has 0 bridgehead atoms. The molecule has 138 valence electrons. The van der Waals surface area contributed by atoms with Crippen molar-refractivity contribution in [1.29, 1.82) is 0 Å². The standard InChI is InChI=1S/C20H22F2N2O2/c21-17-9-5-7-15(13-17)19(25)23-11-3-1-2-4-12-24-20(26)16-8-6-10-18(22)14-16/h5-10,13-14H,1-4,11-12H2,(H,23,25)(H,24,26). The molecule has 2 N–H and O–H groups in total. The smallest absolute Gasteiger partial charge is 0.251 e. The maximum absolute atomic E-state index is 13.0. The van der Waals surface area contributed by atoms with E-state index in [0.717, 1.165) is 25.7 Å². The minimum Gasteiger partial charge on any atom is -0.352 e. The van der Waals surface area contributed by atoms with Gasteiger partial charge in [0.05, 0.1) is 0 Å². The van der Waals surface area contributed by atoms with Crippen LogP contribution in [0.15, 0.2) is 48.5 Å². The Hall–Kier alpha value is -2.76. The summed E-state index contributed by atoms with van der Waals surface area (Å²) in [4.78, 5) is 23.6. The summed E-state index contributed by atoms with van der Waals surface area (Å²) in [5.41, 5.74) is 0.620. The molecule has 6 heteroatoms. The quantitative estimate of drug-likeness (QED) is 0.670. The fourth-order valence-corrected chi connectivity index (χ4v) is 2.47. The van der Waals surface area contributed by atoms with Gasteiger partial charge in [-0.25, -0.2) is 8.78 Å². The first-order valence-electron chi connectivity index (χ1n) is 8.64. The molecule has 0 saturated carbocycles. The minimum absolute atomic E-state index is 0.285. The largest absolute Gasteiger partial charge is 0.352 e. The SMILES string of the molecule is O=C(NCCCCCCNC(=O)c1cccc(F)c1)c1cccc(F)c1. The summed E-state index contributed by atoms with van der Waals surface area (Å²) in [6.45, 7) is 1.04. The van der Waals surface area contributed by atoms with Crippen molar-refractivity contribution in [2.45, 2.75) is 25.7 Å². The molecule has 0 saturated heterocycles. The lowest BCUT2D eigenvalue weighted by Crippen LogP contribution is -2.25. The van der Waals surface area contributed by atoms with Gasteiger partial charge in [0.1, 0.15) is 11.6 Å². The van der Waals surface area contributed by atoms with Crippen LogP contribution in [0.1, 0.15) is 46.4 Å². The molecule has 0 unspecified atom stereocenters. The van der Waals surface area contributed by atoms with Gasteiger partial charge in [0.25, 0.3) is 11.8 Å². The number of amides is 2. The Morgan fingerprint density at radius 2 is 1.12 bits per heavy atom. The first-order chi connectivity index (χ1) is 12.6. The average Bonchev–Trinajstić information content (AvgIpc) is 2.63. The Morgan fingerprint density at radius 1 is 0.692 bits per heavy atom. The third-order valence-electron chi connectivity index (χ3n) is 3.85. The fourth-order valence-electron chi connectivity index (χ4n) is 2.47. The van der Waals surface area contributed by atoms with Gasteiger partial charge in [-0.3, -0.25) is 9.59 Å². The molecule has 0 aliphatic heterocycles. The van der Waals surface area contributed by atoms with E-state index in [-0.39, 0.29) is 11.8 Å². The summed E-state index contributed by atoms with van der Waals surface area (Å²) >= 11 is 0. The highest BCUT2D eigenvalue weighted by Gasteiger charge is 2.06. The van der Waals surface area contributed by atoms with Gasteiger partial charge < -0.3 is 10.6 Å². The van der Waals surface area contributed by atoms with Crippen molar-refractivity contribution in [2.75, 3.05) is 13.1 Å². The molecule has 0 fully saturated rings. The fraction of sp³-hybridized carbons (Fsp3) is 0.300. The number of hydrogen-bond acceptors (Lipinski definition) is 2. The van der Waals surface area contributed by atoms with Crippen LogP contribution in [-0.4, -0.2) is 24.9 Å². The third-order valence-corrected chi connectivity index (χ3v) is 3.85. The first-order valence-corrected chi connectivity index (χ1v) is 8.64. The number of unbranched alkanes of at least 4 members (excludes halogenated alkanes) is 3. The van der Waals surface area contributed by atoms with Gasteiger partial charge in [-0.1, -0.05) is 25.0 Å². The average molecular weight is 360 g/mol. The van der Waals surface area contributed by atoms with E-state index in [1.165, 1.54) is 36.4 Å². The van der Waals surface area contributed by atoms with Crippen LogP contribution in [0.2, 0.25) is 0 Å². The zero-order valence-electron chi connectivity index (χ0n) is 14.4. The van der Waals surface area contributed by atoms with Crippen molar-refractivity contribution < 1.29 is 18.4 Å². The highest BCUT2D eigenvalue weighted by molar-refractivity contribution is 5.94. The van der Waals surface area contributed by atoms with E-state index >= 15 is 0 Å². The molecule has 4 nitrogen and oxygen atoms in total. The number of halogens is 2. The number of benzene rings is 2. The second-order valence-electron chi connectivity index (χ2n) is 5.95. The Kier molecular flexibility index (Phi) is 7.74. The second kappa shape index (κ2) is 10.3. The van der Waals surface area contributed by atoms with Gasteiger partial charge >= 0.3 is 0 Å². The summed E-state index contributed by atoms with van der Waals surface area (Å²) in [5, 5.41) is 5.50. The monoisotopic (exact) mass is 360 g/mol. The summed E-state index contributed by atoms with van der Waals surface area (Å²) in [6, 6.07) is 11.1.